The highest BCUT2D eigenvalue weighted by atomic mass is 16.3. The maximum absolute atomic E-state index is 6.71. The molecule has 12 aromatic carbocycles. The number of para-hydroxylation sites is 2. The van der Waals surface area contributed by atoms with Gasteiger partial charge in [0.2, 0.25) is 0 Å². The van der Waals surface area contributed by atoms with Crippen molar-refractivity contribution in [3.8, 4) is 102 Å². The van der Waals surface area contributed by atoms with Gasteiger partial charge in [-0.3, -0.25) is 0 Å². The molecule has 0 radical (unpaired) electrons. The quantitative estimate of drug-likeness (QED) is 0.127. The van der Waals surface area contributed by atoms with Gasteiger partial charge in [-0.25, -0.2) is 0 Å². The molecule has 0 aliphatic heterocycles. The molecule has 2 nitrogen and oxygen atoms in total. The lowest BCUT2D eigenvalue weighted by Crippen LogP contribution is -2.12. The molecule has 2 heterocycles. The predicted octanol–water partition coefficient (Wildman–Crippen LogP) is 24.1. The minimum atomic E-state index is -0.0492. The summed E-state index contributed by atoms with van der Waals surface area (Å²) >= 11 is 0. The molecule has 16 rings (SSSR count). The summed E-state index contributed by atoms with van der Waals surface area (Å²) in [4.78, 5) is 0. The maximum Gasteiger partial charge on any atom is 0.136 e. The first-order chi connectivity index (χ1) is 42.1. The minimum Gasteiger partial charge on any atom is -0.456 e. The zero-order valence-corrected chi connectivity index (χ0v) is 53.0. The summed E-state index contributed by atoms with van der Waals surface area (Å²) in [5.74, 6) is 15.5. The molecule has 2 aliphatic carbocycles. The van der Waals surface area contributed by atoms with Crippen LogP contribution in [0.4, 0.5) is 0 Å². The van der Waals surface area contributed by atoms with Crippen molar-refractivity contribution >= 4 is 97.7 Å². The molecule has 0 unspecified atom stereocenters. The first-order valence-electron chi connectivity index (χ1n) is 31.0. The van der Waals surface area contributed by atoms with Gasteiger partial charge in [0, 0.05) is 21.5 Å². The summed E-state index contributed by atoms with van der Waals surface area (Å²) in [5.41, 5.74) is 24.0. The van der Waals surface area contributed by atoms with Crippen molar-refractivity contribution in [1.29, 1.82) is 0 Å². The van der Waals surface area contributed by atoms with E-state index in [1.54, 1.807) is 13.8 Å². The second-order valence-corrected chi connectivity index (χ2v) is 28.7. The largest absolute Gasteiger partial charge is 0.456 e. The van der Waals surface area contributed by atoms with Crippen molar-refractivity contribution in [3.05, 3.63) is 192 Å². The fourth-order valence-corrected chi connectivity index (χ4v) is 14.3. The van der Waals surface area contributed by atoms with Crippen molar-refractivity contribution in [2.75, 3.05) is 0 Å². The molecular formula is C86H70O2. The fourth-order valence-electron chi connectivity index (χ4n) is 14.3. The van der Waals surface area contributed by atoms with Gasteiger partial charge in [0.05, 0.1) is 0 Å². The zero-order valence-electron chi connectivity index (χ0n) is 53.0. The molecule has 0 amide bonds. The molecule has 0 bridgehead atoms. The Morgan fingerprint density at radius 1 is 0.239 bits per heavy atom. The van der Waals surface area contributed by atoms with E-state index in [-0.39, 0.29) is 21.7 Å². The van der Waals surface area contributed by atoms with E-state index in [2.05, 4.69) is 288 Å². The number of furan rings is 2. The van der Waals surface area contributed by atoms with Gasteiger partial charge >= 0.3 is 0 Å². The lowest BCUT2D eigenvalue weighted by atomic mass is 9.81. The van der Waals surface area contributed by atoms with Crippen LogP contribution in [0.1, 0.15) is 119 Å². The summed E-state index contributed by atoms with van der Waals surface area (Å²) in [7, 11) is 0. The van der Waals surface area contributed by atoms with Crippen LogP contribution in [0.5, 0.6) is 0 Å². The Kier molecular flexibility index (Phi) is 12.1. The van der Waals surface area contributed by atoms with Crippen molar-refractivity contribution in [2.45, 2.75) is 119 Å². The van der Waals surface area contributed by atoms with Crippen molar-refractivity contribution in [3.63, 3.8) is 0 Å². The molecule has 14 aromatic rings. The summed E-state index contributed by atoms with van der Waals surface area (Å²) in [6.07, 6.45) is 0. The van der Waals surface area contributed by atoms with Crippen LogP contribution in [0, 0.1) is 35.5 Å². The van der Waals surface area contributed by atoms with Crippen LogP contribution < -0.4 is 0 Å². The van der Waals surface area contributed by atoms with Gasteiger partial charge in [-0.05, 0) is 287 Å². The molecule has 2 heteroatoms. The third-order valence-electron chi connectivity index (χ3n) is 18.9. The molecule has 0 saturated carbocycles. The third-order valence-corrected chi connectivity index (χ3v) is 18.9. The Morgan fingerprint density at radius 2 is 0.534 bits per heavy atom. The second kappa shape index (κ2) is 19.4. The maximum atomic E-state index is 6.71. The smallest absolute Gasteiger partial charge is 0.136 e. The standard InChI is InChI=1S/C78H64O2.C8H6/c1-75(2,3)43-27-41-29-45(77(7,8)9)33-65-61-39-57-53(37-59(61)63(31-43)71(41)65)51(47-21-17-25-69-73(47)49-19-13-15-23-67(49)79-69)35-56-55(57)36-52(48-22-18-26-70-74(48)50-20-14-16-24-68(50)80-70)54-38-60-62(40-58(54)56)66-34-46(78(10,11)12)30-42-28-44(76(4,5)6)32-64(60)72(42)66;1-3-5-7-8-6-4-2/h13-40H,1-12H3;1-2H3. The Hall–Kier alpha value is -9.78. The Balaban J connectivity index is 0.000000763. The first-order valence-corrected chi connectivity index (χ1v) is 31.0. The molecule has 0 saturated heterocycles. The van der Waals surface area contributed by atoms with E-state index in [1.807, 2.05) is 0 Å². The molecule has 0 N–H and O–H groups in total. The average molecular weight is 1140 g/mol. The van der Waals surface area contributed by atoms with E-state index >= 15 is 0 Å². The van der Waals surface area contributed by atoms with Crippen LogP contribution in [0.3, 0.4) is 0 Å². The van der Waals surface area contributed by atoms with Gasteiger partial charge < -0.3 is 8.83 Å². The van der Waals surface area contributed by atoms with E-state index in [4.69, 9.17) is 8.83 Å². The van der Waals surface area contributed by atoms with Gasteiger partial charge in [-0.1, -0.05) is 180 Å². The topological polar surface area (TPSA) is 26.3 Å². The lowest BCUT2D eigenvalue weighted by molar-refractivity contribution is 0.589. The highest BCUT2D eigenvalue weighted by Gasteiger charge is 2.33. The van der Waals surface area contributed by atoms with Gasteiger partial charge in [0.15, 0.2) is 0 Å². The van der Waals surface area contributed by atoms with Gasteiger partial charge in [-0.2, -0.15) is 0 Å². The third kappa shape index (κ3) is 8.50. The molecule has 0 spiro atoms. The number of rotatable bonds is 2. The van der Waals surface area contributed by atoms with Crippen molar-refractivity contribution < 1.29 is 8.83 Å². The average Bonchev–Trinajstić information content (AvgIpc) is 1.44. The molecule has 426 valence electrons. The fraction of sp³-hybridized carbons (Fsp3) is 0.209. The van der Waals surface area contributed by atoms with E-state index < -0.39 is 0 Å². The zero-order chi connectivity index (χ0) is 61.1. The van der Waals surface area contributed by atoms with E-state index in [9.17, 15) is 0 Å². The predicted molar refractivity (Wildman–Crippen MR) is 378 cm³/mol. The summed E-state index contributed by atoms with van der Waals surface area (Å²) in [6.45, 7) is 31.7. The lowest BCUT2D eigenvalue weighted by Gasteiger charge is -2.23. The molecule has 0 atom stereocenters. The van der Waals surface area contributed by atoms with Crippen LogP contribution in [0.2, 0.25) is 0 Å². The highest BCUT2D eigenvalue weighted by Crippen LogP contribution is 2.57. The number of hydrogen-bond acceptors (Lipinski definition) is 2. The monoisotopic (exact) mass is 1130 g/mol. The Morgan fingerprint density at radius 3 is 0.864 bits per heavy atom. The van der Waals surface area contributed by atoms with Crippen LogP contribution in [0.25, 0.3) is 165 Å². The summed E-state index contributed by atoms with van der Waals surface area (Å²) < 4.78 is 13.4. The Bertz CT molecular complexity index is 5260. The molecule has 2 aromatic heterocycles. The van der Waals surface area contributed by atoms with Crippen LogP contribution >= 0.6 is 0 Å². The minimum absolute atomic E-state index is 0.0432. The summed E-state index contributed by atoms with van der Waals surface area (Å²) in [6, 6.07) is 65.7. The number of hydrogen-bond donors (Lipinski definition) is 0. The highest BCUT2D eigenvalue weighted by molar-refractivity contribution is 6.31. The number of fused-ring (bicyclic) bond motifs is 17. The van der Waals surface area contributed by atoms with E-state index in [1.165, 1.54) is 143 Å². The van der Waals surface area contributed by atoms with Gasteiger partial charge in [-0.15, -0.1) is 0 Å². The first kappa shape index (κ1) is 54.8. The number of benzene rings is 12. The molecule has 0 fully saturated rings. The van der Waals surface area contributed by atoms with E-state index in [0.717, 1.165) is 43.9 Å². The van der Waals surface area contributed by atoms with Gasteiger partial charge in [0.25, 0.3) is 0 Å². The van der Waals surface area contributed by atoms with Crippen LogP contribution in [-0.4, -0.2) is 0 Å². The molecule has 88 heavy (non-hydrogen) atoms. The normalized spacial score (nSPS) is 12.6. The summed E-state index contributed by atoms with van der Waals surface area (Å²) in [5, 5.41) is 17.3. The SMILES string of the molecule is CC#CC#CC#CC.CC(C)(C)c1cc2c3c(cc(C(C)(C)C)cc3c1)-c1cc3c(cc1-2)c(-c1cccc2oc4ccccc4c12)cc1c2cc4c(cc2c(-c2cccc5oc6ccccc6c25)cc31)-c1cc(C(C)(C)C)cc2cc(C(C)(C)C)cc-4c12. The van der Waals surface area contributed by atoms with Gasteiger partial charge in [0.1, 0.15) is 22.3 Å². The van der Waals surface area contributed by atoms with Crippen LogP contribution in [-0.2, 0) is 21.7 Å². The van der Waals surface area contributed by atoms with Crippen LogP contribution in [0.15, 0.2) is 179 Å². The van der Waals surface area contributed by atoms with Crippen molar-refractivity contribution in [1.82, 2.24) is 0 Å². The van der Waals surface area contributed by atoms with Crippen molar-refractivity contribution in [2.24, 2.45) is 0 Å². The molecular weight excluding hydrogens is 1060 g/mol. The second-order valence-electron chi connectivity index (χ2n) is 28.7. The Labute approximate surface area is 516 Å². The van der Waals surface area contributed by atoms with E-state index in [0.29, 0.717) is 0 Å². The molecule has 2 aliphatic rings.